The lowest BCUT2D eigenvalue weighted by Crippen LogP contribution is -2.48. The van der Waals surface area contributed by atoms with Gasteiger partial charge >= 0.3 is 12.2 Å². The van der Waals surface area contributed by atoms with Gasteiger partial charge in [0.25, 0.3) is 0 Å². The van der Waals surface area contributed by atoms with E-state index in [0.717, 1.165) is 42.5 Å². The number of likely N-dealkylation sites (N-methyl/N-ethyl adjacent to an activating group) is 1. The van der Waals surface area contributed by atoms with Gasteiger partial charge in [-0.15, -0.1) is 0 Å². The Morgan fingerprint density at radius 2 is 1.72 bits per heavy atom. The second-order valence-corrected chi connectivity index (χ2v) is 8.87. The van der Waals surface area contributed by atoms with Crippen LogP contribution in [0.4, 0.5) is 32.4 Å². The van der Waals surface area contributed by atoms with Crippen molar-refractivity contribution >= 4 is 11.7 Å². The van der Waals surface area contributed by atoms with Gasteiger partial charge in [0.05, 0.1) is 24.3 Å². The van der Waals surface area contributed by atoms with Crippen molar-refractivity contribution in [2.24, 2.45) is 5.92 Å². The first kappa shape index (κ1) is 29.5. The van der Waals surface area contributed by atoms with Crippen molar-refractivity contribution in [3.63, 3.8) is 0 Å². The Morgan fingerprint density at radius 3 is 2.28 bits per heavy atom. The summed E-state index contributed by atoms with van der Waals surface area (Å²) in [6.45, 7) is 3.79. The third-order valence-corrected chi connectivity index (χ3v) is 5.88. The number of amides is 2. The number of halogens is 5. The number of carbonyl (C=O) groups excluding carboxylic acids is 1. The van der Waals surface area contributed by atoms with Crippen molar-refractivity contribution in [2.75, 3.05) is 39.2 Å². The smallest absolute Gasteiger partial charge is 0.394 e. The van der Waals surface area contributed by atoms with E-state index in [1.807, 2.05) is 6.92 Å². The summed E-state index contributed by atoms with van der Waals surface area (Å²) in [6.07, 6.45) is -4.89. The molecule has 0 radical (unpaired) electrons. The van der Waals surface area contributed by atoms with Crippen molar-refractivity contribution in [3.8, 4) is 0 Å². The fourth-order valence-electron chi connectivity index (χ4n) is 3.74. The molecule has 0 aliphatic carbocycles. The zero-order valence-electron chi connectivity index (χ0n) is 20.6. The highest BCUT2D eigenvalue weighted by atomic mass is 19.4. The Morgan fingerprint density at radius 1 is 1.08 bits per heavy atom. The second-order valence-electron chi connectivity index (χ2n) is 8.87. The highest BCUT2D eigenvalue weighted by Gasteiger charge is 2.30. The predicted molar refractivity (Wildman–Crippen MR) is 126 cm³/mol. The first-order chi connectivity index (χ1) is 16.8. The number of benzene rings is 2. The molecule has 0 unspecified atom stereocenters. The molecule has 2 amide bonds. The zero-order chi connectivity index (χ0) is 27.0. The Bertz CT molecular complexity index is 988. The molecule has 0 saturated heterocycles. The number of carbonyl (C=O) groups is 1. The molecule has 0 spiro atoms. The normalized spacial score (nSPS) is 14.4. The standard InChI is InChI=1S/C25H32F5N3O3/c1-16(23(36-4)14-32(3)13-18-11-20(26)7-10-22(18)27)12-33(17(2)15-34)24(35)31-21-8-5-19(6-9-21)25(28,29)30/h5-11,16-17,23,34H,12-15H2,1-4H3,(H,31,35)/t16-,17-,23-/m0/s1. The van der Waals surface area contributed by atoms with Crippen LogP contribution in [0.5, 0.6) is 0 Å². The zero-order valence-corrected chi connectivity index (χ0v) is 20.6. The molecule has 2 rings (SSSR count). The van der Waals surface area contributed by atoms with E-state index in [-0.39, 0.29) is 36.9 Å². The third kappa shape index (κ3) is 8.42. The number of aliphatic hydroxyl groups excluding tert-OH is 1. The van der Waals surface area contributed by atoms with Crippen molar-refractivity contribution in [2.45, 2.75) is 38.7 Å². The average molecular weight is 518 g/mol. The van der Waals surface area contributed by atoms with E-state index in [0.29, 0.717) is 6.54 Å². The number of nitrogens with one attached hydrogen (secondary N) is 1. The van der Waals surface area contributed by atoms with Crippen molar-refractivity contribution < 1.29 is 36.6 Å². The number of nitrogens with zero attached hydrogens (tertiary/aromatic N) is 2. The van der Waals surface area contributed by atoms with E-state index in [2.05, 4.69) is 5.32 Å². The van der Waals surface area contributed by atoms with Gasteiger partial charge in [0.15, 0.2) is 0 Å². The van der Waals surface area contributed by atoms with E-state index in [1.165, 1.54) is 12.0 Å². The quantitative estimate of drug-likeness (QED) is 0.413. The third-order valence-electron chi connectivity index (χ3n) is 5.88. The van der Waals surface area contributed by atoms with Crippen molar-refractivity contribution in [3.05, 3.63) is 65.2 Å². The molecule has 0 aromatic heterocycles. The fourth-order valence-corrected chi connectivity index (χ4v) is 3.74. The molecule has 200 valence electrons. The van der Waals surface area contributed by atoms with Gasteiger partial charge in [-0.1, -0.05) is 6.92 Å². The summed E-state index contributed by atoms with van der Waals surface area (Å²) in [4.78, 5) is 16.1. The predicted octanol–water partition coefficient (Wildman–Crippen LogP) is 4.98. The lowest BCUT2D eigenvalue weighted by molar-refractivity contribution is -0.137. The highest BCUT2D eigenvalue weighted by molar-refractivity contribution is 5.89. The minimum Gasteiger partial charge on any atom is -0.394 e. The highest BCUT2D eigenvalue weighted by Crippen LogP contribution is 2.30. The van der Waals surface area contributed by atoms with Gasteiger partial charge in [-0.3, -0.25) is 4.90 Å². The number of urea groups is 1. The van der Waals surface area contributed by atoms with Crippen LogP contribution >= 0.6 is 0 Å². The van der Waals surface area contributed by atoms with Crippen LogP contribution in [0.2, 0.25) is 0 Å². The van der Waals surface area contributed by atoms with E-state index in [1.54, 1.807) is 18.9 Å². The van der Waals surface area contributed by atoms with Gasteiger partial charge < -0.3 is 20.1 Å². The molecule has 0 aliphatic heterocycles. The minimum absolute atomic E-state index is 0.140. The fraction of sp³-hybridized carbons (Fsp3) is 0.480. The van der Waals surface area contributed by atoms with E-state index in [9.17, 15) is 31.9 Å². The number of anilines is 1. The molecule has 11 heteroatoms. The Labute approximate surface area is 207 Å². The maximum Gasteiger partial charge on any atom is 0.416 e. The number of rotatable bonds is 11. The second kappa shape index (κ2) is 13.0. The lowest BCUT2D eigenvalue weighted by Gasteiger charge is -2.34. The molecular weight excluding hydrogens is 485 g/mol. The summed E-state index contributed by atoms with van der Waals surface area (Å²) in [5.74, 6) is -1.31. The van der Waals surface area contributed by atoms with Crippen molar-refractivity contribution in [1.29, 1.82) is 0 Å². The van der Waals surface area contributed by atoms with Gasteiger partial charge in [0.1, 0.15) is 11.6 Å². The Hall–Kier alpha value is -2.76. The monoisotopic (exact) mass is 517 g/mol. The lowest BCUT2D eigenvalue weighted by atomic mass is 10.0. The Kier molecular flexibility index (Phi) is 10.6. The first-order valence-electron chi connectivity index (χ1n) is 11.4. The average Bonchev–Trinajstić information content (AvgIpc) is 2.82. The summed E-state index contributed by atoms with van der Waals surface area (Å²) in [7, 11) is 3.23. The molecule has 0 bridgehead atoms. The molecule has 2 aromatic carbocycles. The van der Waals surface area contributed by atoms with Gasteiger partial charge in [-0.25, -0.2) is 13.6 Å². The number of hydrogen-bond donors (Lipinski definition) is 2. The molecular formula is C25H32F5N3O3. The maximum absolute atomic E-state index is 14.0. The van der Waals surface area contributed by atoms with Gasteiger partial charge in [0, 0.05) is 43.9 Å². The molecule has 2 aromatic rings. The van der Waals surface area contributed by atoms with Crippen LogP contribution in [0.15, 0.2) is 42.5 Å². The molecule has 6 nitrogen and oxygen atoms in total. The molecule has 36 heavy (non-hydrogen) atoms. The number of alkyl halides is 3. The summed E-state index contributed by atoms with van der Waals surface area (Å²) in [5, 5.41) is 12.2. The summed E-state index contributed by atoms with van der Waals surface area (Å²) in [5.41, 5.74) is -0.456. The first-order valence-corrected chi connectivity index (χ1v) is 11.4. The summed E-state index contributed by atoms with van der Waals surface area (Å²) < 4.78 is 71.5. The molecule has 2 N–H and O–H groups in total. The maximum atomic E-state index is 14.0. The Balaban J connectivity index is 2.06. The van der Waals surface area contributed by atoms with Crippen LogP contribution in [0, 0.1) is 17.6 Å². The molecule has 0 heterocycles. The number of aliphatic hydroxyl groups is 1. The van der Waals surface area contributed by atoms with Crippen LogP contribution in [0.25, 0.3) is 0 Å². The summed E-state index contributed by atoms with van der Waals surface area (Å²) in [6, 6.07) is 6.13. The van der Waals surface area contributed by atoms with Gasteiger partial charge in [0.2, 0.25) is 0 Å². The topological polar surface area (TPSA) is 65.0 Å². The number of ether oxygens (including phenoxy) is 1. The van der Waals surface area contributed by atoms with Crippen LogP contribution in [0.1, 0.15) is 25.0 Å². The number of methoxy groups -OCH3 is 1. The van der Waals surface area contributed by atoms with Crippen molar-refractivity contribution in [1.82, 2.24) is 9.80 Å². The SMILES string of the molecule is CO[C@@H](CN(C)Cc1cc(F)ccc1F)[C@@H](C)CN(C(=O)Nc1ccc(C(F)(F)F)cc1)[C@@H](C)CO. The van der Waals surface area contributed by atoms with Crippen LogP contribution < -0.4 is 5.32 Å². The van der Waals surface area contributed by atoms with Crippen LogP contribution in [-0.2, 0) is 17.5 Å². The summed E-state index contributed by atoms with van der Waals surface area (Å²) >= 11 is 0. The molecule has 0 aliphatic rings. The van der Waals surface area contributed by atoms with Gasteiger partial charge in [-0.05, 0) is 56.4 Å². The van der Waals surface area contributed by atoms with Crippen LogP contribution in [-0.4, -0.2) is 66.9 Å². The molecule has 0 fully saturated rings. The molecule has 3 atom stereocenters. The van der Waals surface area contributed by atoms with E-state index in [4.69, 9.17) is 4.74 Å². The molecule has 0 saturated carbocycles. The largest absolute Gasteiger partial charge is 0.416 e. The van der Waals surface area contributed by atoms with E-state index >= 15 is 0 Å². The van der Waals surface area contributed by atoms with E-state index < -0.39 is 41.6 Å². The number of hydrogen-bond acceptors (Lipinski definition) is 4. The van der Waals surface area contributed by atoms with Gasteiger partial charge in [-0.2, -0.15) is 13.2 Å². The van der Waals surface area contributed by atoms with Crippen LogP contribution in [0.3, 0.4) is 0 Å². The minimum atomic E-state index is -4.49.